The molecule has 0 saturated heterocycles. The van der Waals surface area contributed by atoms with Crippen LogP contribution in [0, 0.1) is 0 Å². The quantitative estimate of drug-likeness (QED) is 0.888. The van der Waals surface area contributed by atoms with Crippen LogP contribution in [-0.2, 0) is 0 Å². The normalized spacial score (nSPS) is 10.3. The molecule has 1 amide bonds. The molecular formula is C14H16N4O2. The fourth-order valence-corrected chi connectivity index (χ4v) is 1.52. The van der Waals surface area contributed by atoms with Crippen molar-refractivity contribution < 1.29 is 9.53 Å². The van der Waals surface area contributed by atoms with Crippen LogP contribution in [0.3, 0.4) is 0 Å². The average Bonchev–Trinajstić information content (AvgIpc) is 2.41. The van der Waals surface area contributed by atoms with Crippen LogP contribution in [0.4, 0.5) is 5.82 Å². The fraction of sp³-hybridized carbons (Fsp3) is 0.214. The van der Waals surface area contributed by atoms with Gasteiger partial charge in [-0.2, -0.15) is 0 Å². The van der Waals surface area contributed by atoms with E-state index in [9.17, 15) is 4.79 Å². The Morgan fingerprint density at radius 3 is 2.70 bits per heavy atom. The van der Waals surface area contributed by atoms with Crippen LogP contribution in [0.1, 0.15) is 24.3 Å². The van der Waals surface area contributed by atoms with Crippen molar-refractivity contribution in [2.24, 2.45) is 0 Å². The Morgan fingerprint density at radius 1 is 1.25 bits per heavy atom. The highest BCUT2D eigenvalue weighted by atomic mass is 16.5. The zero-order valence-electron chi connectivity index (χ0n) is 11.3. The van der Waals surface area contributed by atoms with Gasteiger partial charge in [0.15, 0.2) is 0 Å². The molecule has 0 radical (unpaired) electrons. The maximum atomic E-state index is 11.8. The van der Waals surface area contributed by atoms with Crippen LogP contribution in [0.15, 0.2) is 36.7 Å². The van der Waals surface area contributed by atoms with Crippen molar-refractivity contribution in [2.45, 2.75) is 19.9 Å². The molecule has 2 rings (SSSR count). The van der Waals surface area contributed by atoms with E-state index in [-0.39, 0.29) is 11.9 Å². The minimum Gasteiger partial charge on any atom is -0.456 e. The summed E-state index contributed by atoms with van der Waals surface area (Å²) in [6.45, 7) is 3.77. The van der Waals surface area contributed by atoms with Crippen LogP contribution in [-0.4, -0.2) is 21.9 Å². The van der Waals surface area contributed by atoms with Gasteiger partial charge in [0.05, 0.1) is 6.20 Å². The Balaban J connectivity index is 2.13. The van der Waals surface area contributed by atoms with E-state index in [4.69, 9.17) is 10.5 Å². The van der Waals surface area contributed by atoms with Crippen molar-refractivity contribution in [3.05, 3.63) is 42.4 Å². The van der Waals surface area contributed by atoms with Gasteiger partial charge in [0.25, 0.3) is 5.91 Å². The molecule has 0 aromatic carbocycles. The second-order valence-corrected chi connectivity index (χ2v) is 4.53. The predicted octanol–water partition coefficient (Wildman–Crippen LogP) is 1.99. The van der Waals surface area contributed by atoms with E-state index in [1.165, 1.54) is 12.4 Å². The second-order valence-electron chi connectivity index (χ2n) is 4.53. The smallest absolute Gasteiger partial charge is 0.270 e. The zero-order valence-corrected chi connectivity index (χ0v) is 11.3. The first-order valence-electron chi connectivity index (χ1n) is 6.21. The van der Waals surface area contributed by atoms with E-state index in [1.54, 1.807) is 24.3 Å². The van der Waals surface area contributed by atoms with Crippen molar-refractivity contribution in [1.82, 2.24) is 15.3 Å². The van der Waals surface area contributed by atoms with Gasteiger partial charge in [0.1, 0.15) is 23.0 Å². The highest BCUT2D eigenvalue weighted by Crippen LogP contribution is 2.21. The Morgan fingerprint density at radius 2 is 2.05 bits per heavy atom. The molecule has 6 nitrogen and oxygen atoms in total. The molecule has 0 unspecified atom stereocenters. The number of hydrogen-bond donors (Lipinski definition) is 2. The largest absolute Gasteiger partial charge is 0.456 e. The first-order valence-corrected chi connectivity index (χ1v) is 6.21. The molecule has 3 N–H and O–H groups in total. The molecule has 20 heavy (non-hydrogen) atoms. The number of carbonyl (C=O) groups is 1. The van der Waals surface area contributed by atoms with Crippen LogP contribution >= 0.6 is 0 Å². The zero-order chi connectivity index (χ0) is 14.5. The summed E-state index contributed by atoms with van der Waals surface area (Å²) in [6.07, 6.45) is 3.04. The lowest BCUT2D eigenvalue weighted by atomic mass is 10.3. The first kappa shape index (κ1) is 13.8. The molecule has 0 saturated carbocycles. The van der Waals surface area contributed by atoms with E-state index >= 15 is 0 Å². The van der Waals surface area contributed by atoms with Gasteiger partial charge in [0.2, 0.25) is 0 Å². The average molecular weight is 272 g/mol. The molecule has 2 aromatic heterocycles. The summed E-state index contributed by atoms with van der Waals surface area (Å²) in [5.74, 6) is 1.24. The molecule has 2 aromatic rings. The molecule has 0 fully saturated rings. The third kappa shape index (κ3) is 3.68. The first-order chi connectivity index (χ1) is 9.54. The number of nitrogen functional groups attached to an aromatic ring is 1. The van der Waals surface area contributed by atoms with Gasteiger partial charge < -0.3 is 15.8 Å². The minimum atomic E-state index is -0.235. The Labute approximate surface area is 117 Å². The van der Waals surface area contributed by atoms with Crippen LogP contribution < -0.4 is 15.8 Å². The van der Waals surface area contributed by atoms with Gasteiger partial charge in [-0.1, -0.05) is 0 Å². The fourth-order valence-electron chi connectivity index (χ4n) is 1.52. The van der Waals surface area contributed by atoms with Crippen molar-refractivity contribution in [1.29, 1.82) is 0 Å². The number of anilines is 1. The topological polar surface area (TPSA) is 90.1 Å². The lowest BCUT2D eigenvalue weighted by Crippen LogP contribution is -2.30. The van der Waals surface area contributed by atoms with E-state index in [0.29, 0.717) is 23.0 Å². The van der Waals surface area contributed by atoms with Gasteiger partial charge in [-0.05, 0) is 32.0 Å². The van der Waals surface area contributed by atoms with Gasteiger partial charge in [-0.15, -0.1) is 0 Å². The predicted molar refractivity (Wildman–Crippen MR) is 75.6 cm³/mol. The van der Waals surface area contributed by atoms with Crippen LogP contribution in [0.2, 0.25) is 0 Å². The SMILES string of the molecule is CC(C)NC(=O)c1cc(Oc2ccc(N)nc2)ccn1. The van der Waals surface area contributed by atoms with E-state index < -0.39 is 0 Å². The monoisotopic (exact) mass is 272 g/mol. The van der Waals surface area contributed by atoms with Crippen LogP contribution in [0.25, 0.3) is 0 Å². The third-order valence-corrected chi connectivity index (χ3v) is 2.38. The number of amides is 1. The number of nitrogens with two attached hydrogens (primary N) is 1. The summed E-state index contributed by atoms with van der Waals surface area (Å²) in [4.78, 5) is 19.8. The molecule has 0 bridgehead atoms. The maximum absolute atomic E-state index is 11.8. The van der Waals surface area contributed by atoms with Crippen molar-refractivity contribution >= 4 is 11.7 Å². The highest BCUT2D eigenvalue weighted by Gasteiger charge is 2.09. The van der Waals surface area contributed by atoms with Gasteiger partial charge >= 0.3 is 0 Å². The summed E-state index contributed by atoms with van der Waals surface area (Å²) < 4.78 is 5.59. The Hall–Kier alpha value is -2.63. The van der Waals surface area contributed by atoms with Gasteiger partial charge in [0, 0.05) is 18.3 Å². The lowest BCUT2D eigenvalue weighted by molar-refractivity contribution is 0.0937. The van der Waals surface area contributed by atoms with Gasteiger partial charge in [-0.25, -0.2) is 4.98 Å². The Bertz CT molecular complexity index is 596. The Kier molecular flexibility index (Phi) is 4.14. The standard InChI is InChI=1S/C14H16N4O2/c1-9(2)18-14(19)12-7-10(5-6-16-12)20-11-3-4-13(15)17-8-11/h3-9H,1-2H3,(H2,15,17)(H,18,19). The number of ether oxygens (including phenoxy) is 1. The molecule has 0 aliphatic rings. The molecular weight excluding hydrogens is 256 g/mol. The third-order valence-electron chi connectivity index (χ3n) is 2.38. The number of rotatable bonds is 4. The molecule has 0 aliphatic carbocycles. The molecule has 0 atom stereocenters. The minimum absolute atomic E-state index is 0.0511. The number of carbonyl (C=O) groups excluding carboxylic acids is 1. The lowest BCUT2D eigenvalue weighted by Gasteiger charge is -2.09. The number of hydrogen-bond acceptors (Lipinski definition) is 5. The molecule has 0 spiro atoms. The number of nitrogens with one attached hydrogen (secondary N) is 1. The maximum Gasteiger partial charge on any atom is 0.270 e. The van der Waals surface area contributed by atoms with E-state index in [0.717, 1.165) is 0 Å². The van der Waals surface area contributed by atoms with E-state index in [1.807, 2.05) is 13.8 Å². The van der Waals surface area contributed by atoms with Crippen LogP contribution in [0.5, 0.6) is 11.5 Å². The molecule has 104 valence electrons. The van der Waals surface area contributed by atoms with Crippen molar-refractivity contribution in [3.8, 4) is 11.5 Å². The number of pyridine rings is 2. The highest BCUT2D eigenvalue weighted by molar-refractivity contribution is 5.92. The summed E-state index contributed by atoms with van der Waals surface area (Å²) in [7, 11) is 0. The second kappa shape index (κ2) is 6.01. The van der Waals surface area contributed by atoms with Crippen molar-refractivity contribution in [2.75, 3.05) is 5.73 Å². The summed E-state index contributed by atoms with van der Waals surface area (Å²) in [5.41, 5.74) is 5.81. The van der Waals surface area contributed by atoms with Crippen molar-refractivity contribution in [3.63, 3.8) is 0 Å². The number of aromatic nitrogens is 2. The molecule has 6 heteroatoms. The molecule has 2 heterocycles. The number of nitrogens with zero attached hydrogens (tertiary/aromatic N) is 2. The van der Waals surface area contributed by atoms with Gasteiger partial charge in [-0.3, -0.25) is 9.78 Å². The summed E-state index contributed by atoms with van der Waals surface area (Å²) in [5, 5.41) is 2.77. The summed E-state index contributed by atoms with van der Waals surface area (Å²) >= 11 is 0. The molecule has 0 aliphatic heterocycles. The van der Waals surface area contributed by atoms with E-state index in [2.05, 4.69) is 15.3 Å². The summed E-state index contributed by atoms with van der Waals surface area (Å²) in [6, 6.07) is 6.64.